The molecule has 1 aromatic carbocycles. The fourth-order valence-electron chi connectivity index (χ4n) is 3.88. The molecule has 32 heavy (non-hydrogen) atoms. The van der Waals surface area contributed by atoms with Crippen LogP contribution in [0.2, 0.25) is 0 Å². The number of carbonyl (C=O) groups is 1. The van der Waals surface area contributed by atoms with Crippen LogP contribution in [0, 0.1) is 6.92 Å². The summed E-state index contributed by atoms with van der Waals surface area (Å²) in [5, 5.41) is 6.98. The van der Waals surface area contributed by atoms with E-state index in [0.29, 0.717) is 29.3 Å². The van der Waals surface area contributed by atoms with Gasteiger partial charge in [0.25, 0.3) is 11.8 Å². The molecule has 1 N–H and O–H groups in total. The number of alkyl halides is 3. The van der Waals surface area contributed by atoms with E-state index in [4.69, 9.17) is 4.52 Å². The van der Waals surface area contributed by atoms with E-state index in [1.807, 2.05) is 6.92 Å². The molecule has 7 nitrogen and oxygen atoms in total. The molecule has 10 heteroatoms. The molecule has 1 aliphatic heterocycles. The predicted molar refractivity (Wildman–Crippen MR) is 111 cm³/mol. The normalized spacial score (nSPS) is 19.1. The Labute approximate surface area is 182 Å². The lowest BCUT2D eigenvalue weighted by molar-refractivity contribution is -0.137. The van der Waals surface area contributed by atoms with Crippen molar-refractivity contribution < 1.29 is 22.5 Å². The molecule has 0 radical (unpaired) electrons. The van der Waals surface area contributed by atoms with E-state index in [9.17, 15) is 18.0 Å². The van der Waals surface area contributed by atoms with E-state index >= 15 is 0 Å². The van der Waals surface area contributed by atoms with Crippen LogP contribution < -0.4 is 5.32 Å². The lowest BCUT2D eigenvalue weighted by Crippen LogP contribution is -2.52. The van der Waals surface area contributed by atoms with Crippen LogP contribution in [0.3, 0.4) is 0 Å². The van der Waals surface area contributed by atoms with Crippen molar-refractivity contribution in [3.8, 4) is 11.5 Å². The van der Waals surface area contributed by atoms with Crippen molar-refractivity contribution in [1.29, 1.82) is 0 Å². The second-order valence-corrected chi connectivity index (χ2v) is 7.75. The number of benzene rings is 1. The minimum atomic E-state index is -4.43. The van der Waals surface area contributed by atoms with Gasteiger partial charge in [-0.1, -0.05) is 17.3 Å². The zero-order valence-corrected chi connectivity index (χ0v) is 17.6. The van der Waals surface area contributed by atoms with Crippen LogP contribution in [0.25, 0.3) is 11.5 Å². The average molecular weight is 445 g/mol. The van der Waals surface area contributed by atoms with Crippen molar-refractivity contribution in [2.75, 3.05) is 11.9 Å². The maximum atomic E-state index is 13.4. The summed E-state index contributed by atoms with van der Waals surface area (Å²) in [6.07, 6.45) is -2.12. The molecule has 0 aliphatic carbocycles. The van der Waals surface area contributed by atoms with E-state index in [1.54, 1.807) is 36.1 Å². The fourth-order valence-corrected chi connectivity index (χ4v) is 3.88. The van der Waals surface area contributed by atoms with Gasteiger partial charge in [0.05, 0.1) is 16.7 Å². The molecule has 1 aliphatic rings. The molecule has 0 bridgehead atoms. The molecule has 2 aromatic heterocycles. The first-order valence-electron chi connectivity index (χ1n) is 10.2. The Morgan fingerprint density at radius 1 is 1.22 bits per heavy atom. The zero-order chi connectivity index (χ0) is 22.9. The number of amides is 1. The zero-order valence-electron chi connectivity index (χ0n) is 17.6. The second kappa shape index (κ2) is 8.60. The first-order valence-corrected chi connectivity index (χ1v) is 10.2. The monoisotopic (exact) mass is 445 g/mol. The highest BCUT2D eigenvalue weighted by molar-refractivity contribution is 6.00. The number of aromatic nitrogens is 3. The number of anilines is 1. The molecule has 0 saturated carbocycles. The number of halogens is 3. The maximum absolute atomic E-state index is 13.4. The van der Waals surface area contributed by atoms with Gasteiger partial charge in [-0.15, -0.1) is 0 Å². The van der Waals surface area contributed by atoms with E-state index < -0.39 is 11.7 Å². The van der Waals surface area contributed by atoms with E-state index in [-0.39, 0.29) is 23.9 Å². The first kappa shape index (κ1) is 21.8. The Balaban J connectivity index is 1.53. The Morgan fingerprint density at radius 3 is 2.66 bits per heavy atom. The highest BCUT2D eigenvalue weighted by atomic mass is 19.4. The van der Waals surface area contributed by atoms with Crippen molar-refractivity contribution in [3.05, 3.63) is 59.5 Å². The van der Waals surface area contributed by atoms with Crippen molar-refractivity contribution in [3.63, 3.8) is 0 Å². The molecular weight excluding hydrogens is 423 g/mol. The molecule has 1 fully saturated rings. The largest absolute Gasteiger partial charge is 0.417 e. The van der Waals surface area contributed by atoms with Gasteiger partial charge in [-0.05, 0) is 51.0 Å². The lowest BCUT2D eigenvalue weighted by atomic mass is 9.95. The summed E-state index contributed by atoms with van der Waals surface area (Å²) >= 11 is 0. The van der Waals surface area contributed by atoms with Crippen molar-refractivity contribution >= 4 is 11.7 Å². The van der Waals surface area contributed by atoms with Gasteiger partial charge in [-0.25, -0.2) is 4.98 Å². The van der Waals surface area contributed by atoms with Gasteiger partial charge in [0.15, 0.2) is 5.82 Å². The number of likely N-dealkylation sites (tertiary alicyclic amines) is 1. The summed E-state index contributed by atoms with van der Waals surface area (Å²) in [4.78, 5) is 23.3. The van der Waals surface area contributed by atoms with Gasteiger partial charge in [0.1, 0.15) is 5.82 Å². The van der Waals surface area contributed by atoms with Crippen LogP contribution in [0.1, 0.15) is 41.5 Å². The van der Waals surface area contributed by atoms with E-state index in [0.717, 1.165) is 25.1 Å². The number of hydrogen-bond donors (Lipinski definition) is 1. The predicted octanol–water partition coefficient (Wildman–Crippen LogP) is 4.56. The molecule has 0 unspecified atom stereocenters. The van der Waals surface area contributed by atoms with Crippen LogP contribution in [0.5, 0.6) is 0 Å². The molecule has 2 atom stereocenters. The van der Waals surface area contributed by atoms with Crippen molar-refractivity contribution in [2.45, 2.75) is 44.9 Å². The first-order chi connectivity index (χ1) is 15.2. The Hall–Kier alpha value is -3.43. The van der Waals surface area contributed by atoms with Crippen molar-refractivity contribution in [1.82, 2.24) is 20.0 Å². The highest BCUT2D eigenvalue weighted by Gasteiger charge is 2.34. The van der Waals surface area contributed by atoms with Gasteiger partial charge in [0.2, 0.25) is 0 Å². The van der Waals surface area contributed by atoms with Gasteiger partial charge < -0.3 is 14.7 Å². The smallest absolute Gasteiger partial charge is 0.365 e. The summed E-state index contributed by atoms with van der Waals surface area (Å²) < 4.78 is 43.6. The summed E-state index contributed by atoms with van der Waals surface area (Å²) in [5.41, 5.74) is 0.213. The number of hydrogen-bond acceptors (Lipinski definition) is 6. The summed E-state index contributed by atoms with van der Waals surface area (Å²) in [6.45, 7) is 4.18. The Morgan fingerprint density at radius 2 is 2.00 bits per heavy atom. The Kier molecular flexibility index (Phi) is 5.86. The third-order valence-electron chi connectivity index (χ3n) is 5.59. The number of nitrogens with one attached hydrogen (secondary N) is 1. The number of piperidine rings is 1. The van der Waals surface area contributed by atoms with Crippen LogP contribution >= 0.6 is 0 Å². The minimum Gasteiger partial charge on any atom is -0.365 e. The van der Waals surface area contributed by atoms with Crippen LogP contribution in [-0.4, -0.2) is 44.6 Å². The second-order valence-electron chi connectivity index (χ2n) is 7.75. The summed E-state index contributed by atoms with van der Waals surface area (Å²) in [6, 6.07) is 8.99. The fraction of sp³-hybridized carbons (Fsp3) is 0.364. The highest BCUT2D eigenvalue weighted by Crippen LogP contribution is 2.30. The topological polar surface area (TPSA) is 84.2 Å². The minimum absolute atomic E-state index is 0.158. The van der Waals surface area contributed by atoms with E-state index in [2.05, 4.69) is 20.4 Å². The number of carbonyl (C=O) groups excluding carboxylic acids is 1. The molecule has 168 valence electrons. The van der Waals surface area contributed by atoms with Gasteiger partial charge in [0, 0.05) is 24.8 Å². The summed E-state index contributed by atoms with van der Waals surface area (Å²) in [5.74, 6) is 0.920. The molecular formula is C22H22F3N5O2. The third-order valence-corrected chi connectivity index (χ3v) is 5.59. The molecule has 0 spiro atoms. The van der Waals surface area contributed by atoms with Crippen LogP contribution in [-0.2, 0) is 6.18 Å². The van der Waals surface area contributed by atoms with E-state index in [1.165, 1.54) is 6.07 Å². The standard InChI is InChI=1S/C22H22F3N5O2/c1-13-18(28-19-10-9-15(12-26-19)22(23,24)25)8-5-11-30(13)21(31)17-7-4-3-6-16(17)20-27-14(2)29-32-20/h3-4,6-7,9-10,12-13,18H,5,8,11H2,1-2H3,(H,26,28)/t13-,18+/m0/s1. The lowest BCUT2D eigenvalue weighted by Gasteiger charge is -2.40. The quantitative estimate of drug-likeness (QED) is 0.634. The van der Waals surface area contributed by atoms with Crippen molar-refractivity contribution in [2.24, 2.45) is 0 Å². The SMILES string of the molecule is Cc1noc(-c2ccccc2C(=O)N2CCC[C@@H](Nc3ccc(C(F)(F)F)cn3)[C@@H]2C)n1. The number of rotatable bonds is 4. The molecule has 3 aromatic rings. The molecule has 1 amide bonds. The molecule has 4 rings (SSSR count). The average Bonchev–Trinajstić information content (AvgIpc) is 3.21. The maximum Gasteiger partial charge on any atom is 0.417 e. The number of aryl methyl sites for hydroxylation is 1. The third kappa shape index (κ3) is 4.44. The number of pyridine rings is 1. The molecule has 1 saturated heterocycles. The Bertz CT molecular complexity index is 1100. The van der Waals surface area contributed by atoms with Crippen LogP contribution in [0.15, 0.2) is 47.1 Å². The van der Waals surface area contributed by atoms with Gasteiger partial charge >= 0.3 is 6.18 Å². The van der Waals surface area contributed by atoms with Gasteiger partial charge in [-0.2, -0.15) is 18.2 Å². The van der Waals surface area contributed by atoms with Gasteiger partial charge in [-0.3, -0.25) is 4.79 Å². The van der Waals surface area contributed by atoms with Crippen LogP contribution in [0.4, 0.5) is 19.0 Å². The molecule has 3 heterocycles. The number of nitrogens with zero attached hydrogens (tertiary/aromatic N) is 4. The summed E-state index contributed by atoms with van der Waals surface area (Å²) in [7, 11) is 0.